The van der Waals surface area contributed by atoms with Gasteiger partial charge in [-0.15, -0.1) is 0 Å². The lowest BCUT2D eigenvalue weighted by molar-refractivity contribution is 0.101. The zero-order chi connectivity index (χ0) is 11.5. The fourth-order valence-electron chi connectivity index (χ4n) is 1.84. The molecule has 0 aliphatic carbocycles. The van der Waals surface area contributed by atoms with Crippen molar-refractivity contribution in [2.24, 2.45) is 0 Å². The largest absolute Gasteiger partial charge is 0.398 e. The van der Waals surface area contributed by atoms with Crippen LogP contribution < -0.4 is 11.1 Å². The van der Waals surface area contributed by atoms with Crippen molar-refractivity contribution in [3.8, 4) is 0 Å². The first-order chi connectivity index (χ1) is 7.66. The van der Waals surface area contributed by atoms with E-state index in [9.17, 15) is 4.79 Å². The van der Waals surface area contributed by atoms with Gasteiger partial charge in [-0.1, -0.05) is 0 Å². The van der Waals surface area contributed by atoms with Gasteiger partial charge < -0.3 is 11.1 Å². The molecule has 4 heteroatoms. The Labute approximate surface area is 99.8 Å². The summed E-state index contributed by atoms with van der Waals surface area (Å²) < 4.78 is 0. The van der Waals surface area contributed by atoms with Crippen molar-refractivity contribution in [3.63, 3.8) is 0 Å². The molecule has 1 aliphatic rings. The molecule has 0 spiro atoms. The Bertz CT molecular complexity index is 400. The number of rotatable bonds is 3. The molecule has 2 rings (SSSR count). The van der Waals surface area contributed by atoms with Crippen LogP contribution in [0, 0.1) is 0 Å². The fourth-order valence-corrected chi connectivity index (χ4v) is 2.99. The van der Waals surface area contributed by atoms with E-state index in [0.29, 0.717) is 17.3 Å². The van der Waals surface area contributed by atoms with Crippen molar-refractivity contribution in [2.75, 3.05) is 22.6 Å². The number of Topliss-reactive ketones (excluding diaryl/α,β-unsaturated/α-hetero) is 1. The van der Waals surface area contributed by atoms with Crippen molar-refractivity contribution in [1.82, 2.24) is 0 Å². The molecule has 0 amide bonds. The van der Waals surface area contributed by atoms with Crippen molar-refractivity contribution >= 4 is 28.9 Å². The molecule has 1 atom stereocenters. The molecule has 0 radical (unpaired) electrons. The van der Waals surface area contributed by atoms with E-state index in [4.69, 9.17) is 5.73 Å². The van der Waals surface area contributed by atoms with E-state index in [1.807, 2.05) is 23.9 Å². The predicted octanol–water partition coefficient (Wildman–Crippen LogP) is 2.39. The standard InChI is InChI=1S/C12H16N2OS/c1-8(15)11-6-9(2-3-12(11)13)14-10-4-5-16-7-10/h2-3,6,10,14H,4-5,7,13H2,1H3. The summed E-state index contributed by atoms with van der Waals surface area (Å²) in [4.78, 5) is 11.3. The number of nitrogen functional groups attached to an aromatic ring is 1. The molecule has 86 valence electrons. The summed E-state index contributed by atoms with van der Waals surface area (Å²) in [6, 6.07) is 6.10. The lowest BCUT2D eigenvalue weighted by Gasteiger charge is -2.14. The van der Waals surface area contributed by atoms with Crippen LogP contribution in [0.15, 0.2) is 18.2 Å². The molecule has 1 heterocycles. The first-order valence-corrected chi connectivity index (χ1v) is 6.57. The van der Waals surface area contributed by atoms with Gasteiger partial charge in [0, 0.05) is 28.7 Å². The Hall–Kier alpha value is -1.16. The van der Waals surface area contributed by atoms with Gasteiger partial charge in [0.05, 0.1) is 0 Å². The Kier molecular flexibility index (Phi) is 3.39. The minimum absolute atomic E-state index is 0.0157. The highest BCUT2D eigenvalue weighted by Crippen LogP contribution is 2.23. The van der Waals surface area contributed by atoms with Crippen LogP contribution in [0.3, 0.4) is 0 Å². The van der Waals surface area contributed by atoms with Crippen molar-refractivity contribution in [1.29, 1.82) is 0 Å². The zero-order valence-electron chi connectivity index (χ0n) is 9.32. The first kappa shape index (κ1) is 11.3. The smallest absolute Gasteiger partial charge is 0.161 e. The number of benzene rings is 1. The second kappa shape index (κ2) is 4.78. The van der Waals surface area contributed by atoms with Crippen LogP contribution in [-0.2, 0) is 0 Å². The average molecular weight is 236 g/mol. The lowest BCUT2D eigenvalue weighted by atomic mass is 10.1. The van der Waals surface area contributed by atoms with E-state index in [1.165, 1.54) is 12.2 Å². The third-order valence-corrected chi connectivity index (χ3v) is 3.90. The average Bonchev–Trinajstić information content (AvgIpc) is 2.73. The molecule has 3 nitrogen and oxygen atoms in total. The molecule has 1 aromatic rings. The summed E-state index contributed by atoms with van der Waals surface area (Å²) in [5.41, 5.74) is 7.90. The zero-order valence-corrected chi connectivity index (χ0v) is 10.1. The number of hydrogen-bond acceptors (Lipinski definition) is 4. The summed E-state index contributed by atoms with van der Waals surface area (Å²) in [5, 5.41) is 3.43. The van der Waals surface area contributed by atoms with Gasteiger partial charge in [-0.2, -0.15) is 11.8 Å². The number of carbonyl (C=O) groups excluding carboxylic acids is 1. The van der Waals surface area contributed by atoms with Crippen LogP contribution in [0.5, 0.6) is 0 Å². The number of nitrogens with two attached hydrogens (primary N) is 1. The number of carbonyl (C=O) groups is 1. The van der Waals surface area contributed by atoms with E-state index in [1.54, 1.807) is 13.0 Å². The Morgan fingerprint density at radius 1 is 1.56 bits per heavy atom. The minimum atomic E-state index is 0.0157. The van der Waals surface area contributed by atoms with Crippen molar-refractivity contribution in [2.45, 2.75) is 19.4 Å². The first-order valence-electron chi connectivity index (χ1n) is 5.41. The molecule has 1 saturated heterocycles. The number of anilines is 2. The van der Waals surface area contributed by atoms with E-state index in [0.717, 1.165) is 11.4 Å². The summed E-state index contributed by atoms with van der Waals surface area (Å²) in [5.74, 6) is 2.37. The summed E-state index contributed by atoms with van der Waals surface area (Å²) >= 11 is 1.96. The van der Waals surface area contributed by atoms with E-state index < -0.39 is 0 Å². The van der Waals surface area contributed by atoms with Gasteiger partial charge in [0.1, 0.15) is 0 Å². The summed E-state index contributed by atoms with van der Waals surface area (Å²) in [6.07, 6.45) is 1.18. The van der Waals surface area contributed by atoms with E-state index in [-0.39, 0.29) is 5.78 Å². The second-order valence-electron chi connectivity index (χ2n) is 4.06. The normalized spacial score (nSPS) is 19.7. The highest BCUT2D eigenvalue weighted by atomic mass is 32.2. The molecule has 3 N–H and O–H groups in total. The van der Waals surface area contributed by atoms with Gasteiger partial charge in [0.25, 0.3) is 0 Å². The molecule has 1 unspecified atom stereocenters. The number of ketones is 1. The molecular formula is C12H16N2OS. The SMILES string of the molecule is CC(=O)c1cc(NC2CCSC2)ccc1N. The Morgan fingerprint density at radius 2 is 2.38 bits per heavy atom. The lowest BCUT2D eigenvalue weighted by Crippen LogP contribution is -2.18. The summed E-state index contributed by atoms with van der Waals surface area (Å²) in [6.45, 7) is 1.54. The molecular weight excluding hydrogens is 220 g/mol. The van der Waals surface area contributed by atoms with Crippen LogP contribution in [0.4, 0.5) is 11.4 Å². The molecule has 0 aromatic heterocycles. The highest BCUT2D eigenvalue weighted by molar-refractivity contribution is 7.99. The predicted molar refractivity (Wildman–Crippen MR) is 70.2 cm³/mol. The third kappa shape index (κ3) is 2.50. The van der Waals surface area contributed by atoms with Crippen molar-refractivity contribution in [3.05, 3.63) is 23.8 Å². The van der Waals surface area contributed by atoms with Crippen LogP contribution in [0.1, 0.15) is 23.7 Å². The maximum atomic E-state index is 11.3. The van der Waals surface area contributed by atoms with Crippen LogP contribution >= 0.6 is 11.8 Å². The highest BCUT2D eigenvalue weighted by Gasteiger charge is 2.15. The third-order valence-electron chi connectivity index (χ3n) is 2.73. The fraction of sp³-hybridized carbons (Fsp3) is 0.417. The maximum absolute atomic E-state index is 11.3. The monoisotopic (exact) mass is 236 g/mol. The van der Waals surface area contributed by atoms with Crippen LogP contribution in [0.2, 0.25) is 0 Å². The molecule has 16 heavy (non-hydrogen) atoms. The van der Waals surface area contributed by atoms with Gasteiger partial charge in [-0.25, -0.2) is 0 Å². The quantitative estimate of drug-likeness (QED) is 0.625. The number of thioether (sulfide) groups is 1. The number of nitrogens with one attached hydrogen (secondary N) is 1. The topological polar surface area (TPSA) is 55.1 Å². The van der Waals surface area contributed by atoms with Gasteiger partial charge in [0.15, 0.2) is 5.78 Å². The van der Waals surface area contributed by atoms with Crippen LogP contribution in [-0.4, -0.2) is 23.3 Å². The maximum Gasteiger partial charge on any atom is 0.161 e. The minimum Gasteiger partial charge on any atom is -0.398 e. The van der Waals surface area contributed by atoms with Gasteiger partial charge in [0.2, 0.25) is 0 Å². The van der Waals surface area contributed by atoms with Crippen molar-refractivity contribution < 1.29 is 4.79 Å². The molecule has 1 fully saturated rings. The Morgan fingerprint density at radius 3 is 3.00 bits per heavy atom. The van der Waals surface area contributed by atoms with E-state index in [2.05, 4.69) is 5.32 Å². The molecule has 1 aromatic carbocycles. The van der Waals surface area contributed by atoms with Gasteiger partial charge >= 0.3 is 0 Å². The molecule has 0 saturated carbocycles. The summed E-state index contributed by atoms with van der Waals surface area (Å²) in [7, 11) is 0. The number of hydrogen-bond donors (Lipinski definition) is 2. The van der Waals surface area contributed by atoms with E-state index >= 15 is 0 Å². The van der Waals surface area contributed by atoms with Gasteiger partial charge in [-0.3, -0.25) is 4.79 Å². The Balaban J connectivity index is 2.15. The van der Waals surface area contributed by atoms with Gasteiger partial charge in [-0.05, 0) is 37.3 Å². The van der Waals surface area contributed by atoms with Crippen LogP contribution in [0.25, 0.3) is 0 Å². The molecule has 0 bridgehead atoms. The molecule has 1 aliphatic heterocycles. The second-order valence-corrected chi connectivity index (χ2v) is 5.21.